The van der Waals surface area contributed by atoms with Crippen LogP contribution in [0.5, 0.6) is 11.6 Å². The van der Waals surface area contributed by atoms with Crippen molar-refractivity contribution in [2.45, 2.75) is 83.2 Å². The van der Waals surface area contributed by atoms with E-state index in [4.69, 9.17) is 9.47 Å². The summed E-state index contributed by atoms with van der Waals surface area (Å²) in [6.45, 7) is 5.07. The Bertz CT molecular complexity index is 1400. The highest BCUT2D eigenvalue weighted by Crippen LogP contribution is 2.55. The summed E-state index contributed by atoms with van der Waals surface area (Å²) in [7, 11) is 1.55. The largest absolute Gasteiger partial charge is 0.489 e. The molecule has 0 N–H and O–H groups in total. The third kappa shape index (κ3) is 4.54. The van der Waals surface area contributed by atoms with Gasteiger partial charge in [-0.05, 0) is 96.2 Å². The van der Waals surface area contributed by atoms with Crippen LogP contribution in [0.2, 0.25) is 0 Å². The number of hydrogen-bond acceptors (Lipinski definition) is 4. The number of aryl methyl sites for hydroxylation is 1. The molecule has 6 rings (SSSR count). The smallest absolute Gasteiger partial charge is 0.213 e. The Morgan fingerprint density at radius 2 is 1.90 bits per heavy atom. The van der Waals surface area contributed by atoms with Crippen LogP contribution < -0.4 is 9.47 Å². The Labute approximate surface area is 231 Å². The molecule has 1 aromatic heterocycles. The van der Waals surface area contributed by atoms with Gasteiger partial charge in [-0.25, -0.2) is 9.37 Å². The molecule has 0 radical (unpaired) electrons. The fraction of sp³-hybridized carbons (Fsp3) is 0.471. The molecule has 39 heavy (non-hydrogen) atoms. The highest BCUT2D eigenvalue weighted by molar-refractivity contribution is 5.70. The van der Waals surface area contributed by atoms with Crippen molar-refractivity contribution < 1.29 is 18.7 Å². The summed E-state index contributed by atoms with van der Waals surface area (Å²) in [4.78, 5) is 15.8. The minimum atomic E-state index is -0.343. The van der Waals surface area contributed by atoms with E-state index >= 15 is 4.39 Å². The molecule has 1 heterocycles. The topological polar surface area (TPSA) is 48.4 Å². The van der Waals surface area contributed by atoms with Crippen LogP contribution in [0.1, 0.15) is 87.0 Å². The summed E-state index contributed by atoms with van der Waals surface area (Å²) in [5, 5.41) is 0. The Morgan fingerprint density at radius 1 is 1.03 bits per heavy atom. The third-order valence-electron chi connectivity index (χ3n) is 9.95. The van der Waals surface area contributed by atoms with Gasteiger partial charge in [-0.15, -0.1) is 0 Å². The lowest BCUT2D eigenvalue weighted by Crippen LogP contribution is -2.47. The van der Waals surface area contributed by atoms with E-state index < -0.39 is 0 Å². The van der Waals surface area contributed by atoms with Crippen LogP contribution in [0.4, 0.5) is 4.39 Å². The summed E-state index contributed by atoms with van der Waals surface area (Å²) in [6, 6.07) is 14.4. The summed E-state index contributed by atoms with van der Waals surface area (Å²) >= 11 is 0. The van der Waals surface area contributed by atoms with Crippen molar-refractivity contribution in [1.29, 1.82) is 0 Å². The number of carbonyl (C=O) groups is 1. The number of aldehydes is 1. The SMILES string of the molecule is COc1cc(-c2ccc(COc3ccc4c(c3)[C@]3(CCC4)CC[C@H]3C=O)cc2[C@@H]2CCCC2(C)C)c(F)cn1. The first kappa shape index (κ1) is 26.0. The monoisotopic (exact) mass is 527 g/mol. The number of rotatable bonds is 7. The second kappa shape index (κ2) is 10.1. The van der Waals surface area contributed by atoms with Gasteiger partial charge >= 0.3 is 0 Å². The molecule has 1 spiro atoms. The molecule has 0 bridgehead atoms. The number of fused-ring (bicyclic) bond motifs is 2. The predicted molar refractivity (Wildman–Crippen MR) is 151 cm³/mol. The second-order valence-electron chi connectivity index (χ2n) is 12.5. The summed E-state index contributed by atoms with van der Waals surface area (Å²) in [5.41, 5.74) is 6.48. The molecule has 2 aromatic carbocycles. The Kier molecular flexibility index (Phi) is 6.73. The predicted octanol–water partition coefficient (Wildman–Crippen LogP) is 7.95. The average molecular weight is 528 g/mol. The number of hydrogen-bond donors (Lipinski definition) is 0. The minimum Gasteiger partial charge on any atom is -0.489 e. The molecule has 204 valence electrons. The molecule has 0 amide bonds. The van der Waals surface area contributed by atoms with Gasteiger partial charge in [0, 0.05) is 23.0 Å². The van der Waals surface area contributed by atoms with Gasteiger partial charge in [0.15, 0.2) is 0 Å². The van der Waals surface area contributed by atoms with Crippen LogP contribution in [0.25, 0.3) is 11.1 Å². The number of nitrogens with zero attached hydrogens (tertiary/aromatic N) is 1. The zero-order chi connectivity index (χ0) is 27.2. The number of pyridine rings is 1. The van der Waals surface area contributed by atoms with Crippen LogP contribution in [-0.4, -0.2) is 18.4 Å². The first-order valence-electron chi connectivity index (χ1n) is 14.4. The third-order valence-corrected chi connectivity index (χ3v) is 9.95. The van der Waals surface area contributed by atoms with E-state index in [1.807, 2.05) is 12.1 Å². The highest BCUT2D eigenvalue weighted by atomic mass is 19.1. The van der Waals surface area contributed by atoms with Gasteiger partial charge in [0.2, 0.25) is 5.88 Å². The normalized spacial score (nSPS) is 25.1. The molecule has 0 aliphatic heterocycles. The highest BCUT2D eigenvalue weighted by Gasteiger charge is 2.49. The number of methoxy groups -OCH3 is 1. The molecular weight excluding hydrogens is 489 g/mol. The Balaban J connectivity index is 1.31. The number of ether oxygens (including phenoxy) is 2. The summed E-state index contributed by atoms with van der Waals surface area (Å²) < 4.78 is 26.7. The van der Waals surface area contributed by atoms with Crippen LogP contribution >= 0.6 is 0 Å². The molecule has 4 nitrogen and oxygen atoms in total. The van der Waals surface area contributed by atoms with Crippen molar-refractivity contribution in [3.8, 4) is 22.8 Å². The van der Waals surface area contributed by atoms with E-state index in [9.17, 15) is 4.79 Å². The molecular formula is C34H38FNO3. The van der Waals surface area contributed by atoms with E-state index in [0.29, 0.717) is 24.0 Å². The second-order valence-corrected chi connectivity index (χ2v) is 12.5. The van der Waals surface area contributed by atoms with Crippen LogP contribution in [0, 0.1) is 17.2 Å². The maximum Gasteiger partial charge on any atom is 0.213 e. The lowest BCUT2D eigenvalue weighted by Gasteiger charge is -2.51. The molecule has 2 fully saturated rings. The van der Waals surface area contributed by atoms with Crippen molar-refractivity contribution in [2.24, 2.45) is 11.3 Å². The van der Waals surface area contributed by atoms with Crippen molar-refractivity contribution in [3.05, 3.63) is 76.7 Å². The van der Waals surface area contributed by atoms with Gasteiger partial charge in [0.1, 0.15) is 24.5 Å². The van der Waals surface area contributed by atoms with E-state index in [-0.39, 0.29) is 22.6 Å². The molecule has 5 heteroatoms. The molecule has 3 aliphatic rings. The van der Waals surface area contributed by atoms with Crippen molar-refractivity contribution in [3.63, 3.8) is 0 Å². The average Bonchev–Trinajstić information content (AvgIpc) is 3.30. The van der Waals surface area contributed by atoms with Crippen LogP contribution in [-0.2, 0) is 23.2 Å². The zero-order valence-electron chi connectivity index (χ0n) is 23.3. The Morgan fingerprint density at radius 3 is 2.62 bits per heavy atom. The summed E-state index contributed by atoms with van der Waals surface area (Å²) in [6.07, 6.45) is 11.2. The van der Waals surface area contributed by atoms with E-state index in [1.165, 1.54) is 35.6 Å². The van der Waals surface area contributed by atoms with Gasteiger partial charge in [0.25, 0.3) is 0 Å². The van der Waals surface area contributed by atoms with Crippen molar-refractivity contribution in [1.82, 2.24) is 4.98 Å². The number of halogens is 1. The van der Waals surface area contributed by atoms with Gasteiger partial charge in [-0.2, -0.15) is 0 Å². The zero-order valence-corrected chi connectivity index (χ0v) is 23.3. The number of benzene rings is 2. The Hall–Kier alpha value is -3.21. The lowest BCUT2D eigenvalue weighted by atomic mass is 9.52. The fourth-order valence-corrected chi connectivity index (χ4v) is 7.60. The van der Waals surface area contributed by atoms with Gasteiger partial charge in [-0.1, -0.05) is 44.5 Å². The number of carbonyl (C=O) groups excluding carboxylic acids is 1. The van der Waals surface area contributed by atoms with Gasteiger partial charge in [0.05, 0.1) is 13.3 Å². The van der Waals surface area contributed by atoms with Crippen molar-refractivity contribution in [2.75, 3.05) is 7.11 Å². The molecule has 0 unspecified atom stereocenters. The molecule has 2 saturated carbocycles. The summed E-state index contributed by atoms with van der Waals surface area (Å²) in [5.74, 6) is 1.37. The van der Waals surface area contributed by atoms with Crippen LogP contribution in [0.3, 0.4) is 0 Å². The first-order valence-corrected chi connectivity index (χ1v) is 14.4. The maximum atomic E-state index is 15.0. The molecule has 0 saturated heterocycles. The fourth-order valence-electron chi connectivity index (χ4n) is 7.60. The minimum absolute atomic E-state index is 0.00719. The van der Waals surface area contributed by atoms with E-state index in [1.54, 1.807) is 13.2 Å². The standard InChI is InChI=1S/C34H38FNO3/c1-33(2)13-5-7-29(33)27-16-22(8-11-26(27)28-18-32(38-3)36-19-31(28)35)21-39-25-10-9-23-6-4-14-34(30(23)17-25)15-12-24(34)20-37/h8-11,16-20,24,29H,4-7,12-15,21H2,1-3H3/t24-,29-,34+/m0/s1. The molecule has 3 aromatic rings. The quantitative estimate of drug-likeness (QED) is 0.293. The first-order chi connectivity index (χ1) is 18.8. The molecule has 3 atom stereocenters. The van der Waals surface area contributed by atoms with Crippen molar-refractivity contribution >= 4 is 6.29 Å². The van der Waals surface area contributed by atoms with Gasteiger partial charge in [-0.3, -0.25) is 0 Å². The number of aromatic nitrogens is 1. The maximum absolute atomic E-state index is 15.0. The van der Waals surface area contributed by atoms with Gasteiger partial charge < -0.3 is 14.3 Å². The molecule has 3 aliphatic carbocycles. The van der Waals surface area contributed by atoms with Crippen LogP contribution in [0.15, 0.2) is 48.7 Å². The van der Waals surface area contributed by atoms with E-state index in [0.717, 1.165) is 61.8 Å². The lowest BCUT2D eigenvalue weighted by molar-refractivity contribution is -0.117. The van der Waals surface area contributed by atoms with E-state index in [2.05, 4.69) is 43.1 Å².